The Morgan fingerprint density at radius 1 is 1.03 bits per heavy atom. The summed E-state index contributed by atoms with van der Waals surface area (Å²) in [6.07, 6.45) is 2.21. The molecule has 2 heterocycles. The van der Waals surface area contributed by atoms with Gasteiger partial charge in [-0.25, -0.2) is 4.68 Å². The number of nitrogens with zero attached hydrogens (tertiary/aromatic N) is 3. The largest absolute Gasteiger partial charge is 0.497 e. The third kappa shape index (κ3) is 3.03. The molecule has 1 atom stereocenters. The summed E-state index contributed by atoms with van der Waals surface area (Å²) in [5, 5.41) is 8.16. The summed E-state index contributed by atoms with van der Waals surface area (Å²) in [6.45, 7) is 0. The molecule has 1 aromatic heterocycles. The first kappa shape index (κ1) is 18.4. The van der Waals surface area contributed by atoms with E-state index in [1.807, 2.05) is 53.2 Å². The highest BCUT2D eigenvalue weighted by Crippen LogP contribution is 2.41. The second kappa shape index (κ2) is 7.33. The van der Waals surface area contributed by atoms with Gasteiger partial charge in [-0.05, 0) is 42.7 Å². The third-order valence-electron chi connectivity index (χ3n) is 5.61. The summed E-state index contributed by atoms with van der Waals surface area (Å²) in [5.74, 6) is 2.85. The van der Waals surface area contributed by atoms with Crippen LogP contribution in [0.5, 0.6) is 11.5 Å². The first-order chi connectivity index (χ1) is 14.7. The molecule has 1 aliphatic carbocycles. The van der Waals surface area contributed by atoms with Crippen LogP contribution in [0.4, 0.5) is 5.95 Å². The van der Waals surface area contributed by atoms with E-state index < -0.39 is 0 Å². The lowest BCUT2D eigenvalue weighted by molar-refractivity contribution is -0.116. The molecule has 0 spiro atoms. The molecule has 3 aromatic rings. The van der Waals surface area contributed by atoms with Crippen molar-refractivity contribution in [2.75, 3.05) is 19.5 Å². The van der Waals surface area contributed by atoms with Crippen molar-refractivity contribution in [3.8, 4) is 22.9 Å². The van der Waals surface area contributed by atoms with Crippen molar-refractivity contribution >= 4 is 11.7 Å². The Hall–Kier alpha value is -3.61. The van der Waals surface area contributed by atoms with Crippen molar-refractivity contribution in [1.29, 1.82) is 0 Å². The van der Waals surface area contributed by atoms with Crippen LogP contribution < -0.4 is 14.8 Å². The van der Waals surface area contributed by atoms with Gasteiger partial charge in [0.05, 0.1) is 14.2 Å². The molecule has 1 aliphatic heterocycles. The van der Waals surface area contributed by atoms with Crippen molar-refractivity contribution in [3.63, 3.8) is 0 Å². The Bertz CT molecular complexity index is 1160. The zero-order chi connectivity index (χ0) is 20.7. The number of fused-ring (bicyclic) bond motifs is 1. The van der Waals surface area contributed by atoms with Gasteiger partial charge < -0.3 is 14.8 Å². The van der Waals surface area contributed by atoms with Gasteiger partial charge in [-0.3, -0.25) is 4.79 Å². The molecule has 0 saturated carbocycles. The number of Topliss-reactive ketones (excluding diaryl/α,β-unsaturated/α-hetero) is 1. The van der Waals surface area contributed by atoms with Gasteiger partial charge >= 0.3 is 0 Å². The topological polar surface area (TPSA) is 78.3 Å². The number of hydrogen-bond donors (Lipinski definition) is 1. The number of nitrogens with one attached hydrogen (secondary N) is 1. The summed E-state index contributed by atoms with van der Waals surface area (Å²) in [4.78, 5) is 17.7. The highest BCUT2D eigenvalue weighted by atomic mass is 16.5. The standard InChI is InChI=1S/C23H22N4O3/c1-29-16-8-3-6-14(12-16)21-20-18(10-5-11-19(20)28)24-23-25-22(26-27(21)23)15-7-4-9-17(13-15)30-2/h3-4,6-9,12-13,21H,5,10-11H2,1-2H3,(H,24,25,26). The van der Waals surface area contributed by atoms with Gasteiger partial charge in [0.1, 0.15) is 17.5 Å². The lowest BCUT2D eigenvalue weighted by Crippen LogP contribution is -2.31. The minimum atomic E-state index is -0.342. The molecule has 7 nitrogen and oxygen atoms in total. The van der Waals surface area contributed by atoms with Crippen LogP contribution in [0.15, 0.2) is 59.8 Å². The number of carbonyl (C=O) groups is 1. The fourth-order valence-corrected chi connectivity index (χ4v) is 4.16. The minimum Gasteiger partial charge on any atom is -0.497 e. The first-order valence-electron chi connectivity index (χ1n) is 9.96. The number of hydrogen-bond acceptors (Lipinski definition) is 6. The van der Waals surface area contributed by atoms with Crippen LogP contribution in [0.3, 0.4) is 0 Å². The molecular weight excluding hydrogens is 380 g/mol. The van der Waals surface area contributed by atoms with Gasteiger partial charge in [0, 0.05) is 23.3 Å². The summed E-state index contributed by atoms with van der Waals surface area (Å²) < 4.78 is 12.6. The molecule has 0 radical (unpaired) electrons. The number of carbonyl (C=O) groups excluding carboxylic acids is 1. The lowest BCUT2D eigenvalue weighted by Gasteiger charge is -2.32. The smallest absolute Gasteiger partial charge is 0.226 e. The Labute approximate surface area is 174 Å². The molecule has 1 unspecified atom stereocenters. The molecule has 0 fully saturated rings. The number of aromatic nitrogens is 3. The van der Waals surface area contributed by atoms with Crippen LogP contribution in [0.2, 0.25) is 0 Å². The molecule has 2 aromatic carbocycles. The normalized spacial score (nSPS) is 17.8. The Morgan fingerprint density at radius 2 is 1.80 bits per heavy atom. The molecular formula is C23H22N4O3. The van der Waals surface area contributed by atoms with Gasteiger partial charge in [0.2, 0.25) is 5.95 Å². The number of ether oxygens (including phenoxy) is 2. The van der Waals surface area contributed by atoms with Gasteiger partial charge in [-0.2, -0.15) is 4.98 Å². The van der Waals surface area contributed by atoms with Crippen LogP contribution in [0, 0.1) is 0 Å². The molecule has 30 heavy (non-hydrogen) atoms. The molecule has 7 heteroatoms. The maximum absolute atomic E-state index is 12.9. The summed E-state index contributed by atoms with van der Waals surface area (Å²) in [7, 11) is 3.27. The maximum Gasteiger partial charge on any atom is 0.226 e. The van der Waals surface area contributed by atoms with Crippen molar-refractivity contribution in [2.45, 2.75) is 25.3 Å². The molecule has 5 rings (SSSR count). The van der Waals surface area contributed by atoms with E-state index in [-0.39, 0.29) is 11.8 Å². The van der Waals surface area contributed by atoms with E-state index in [1.165, 1.54) is 0 Å². The van der Waals surface area contributed by atoms with Crippen LogP contribution >= 0.6 is 0 Å². The Morgan fingerprint density at radius 3 is 2.60 bits per heavy atom. The third-order valence-corrected chi connectivity index (χ3v) is 5.61. The molecule has 0 amide bonds. The Kier molecular flexibility index (Phi) is 4.50. The second-order valence-corrected chi connectivity index (χ2v) is 7.41. The van der Waals surface area contributed by atoms with Crippen molar-refractivity contribution in [1.82, 2.24) is 14.8 Å². The van der Waals surface area contributed by atoms with Crippen molar-refractivity contribution in [3.05, 3.63) is 65.4 Å². The average molecular weight is 402 g/mol. The van der Waals surface area contributed by atoms with Gasteiger partial charge in [-0.1, -0.05) is 24.3 Å². The molecule has 0 bridgehead atoms. The monoisotopic (exact) mass is 402 g/mol. The van der Waals surface area contributed by atoms with Crippen LogP contribution in [0.25, 0.3) is 11.4 Å². The number of benzene rings is 2. The lowest BCUT2D eigenvalue weighted by atomic mass is 9.85. The van der Waals surface area contributed by atoms with Crippen molar-refractivity contribution in [2.24, 2.45) is 0 Å². The SMILES string of the molecule is COc1cccc(-c2nc3n(n2)C(c2cccc(OC)c2)C2=C(CCCC2=O)N3)c1. The fourth-order valence-electron chi connectivity index (χ4n) is 4.16. The fraction of sp³-hybridized carbons (Fsp3) is 0.261. The number of rotatable bonds is 4. The van der Waals surface area contributed by atoms with E-state index in [0.717, 1.165) is 46.7 Å². The summed E-state index contributed by atoms with van der Waals surface area (Å²) >= 11 is 0. The zero-order valence-corrected chi connectivity index (χ0v) is 16.9. The summed E-state index contributed by atoms with van der Waals surface area (Å²) in [5.41, 5.74) is 3.51. The van der Waals surface area contributed by atoms with Crippen LogP contribution in [-0.2, 0) is 4.79 Å². The van der Waals surface area contributed by atoms with Crippen molar-refractivity contribution < 1.29 is 14.3 Å². The van der Waals surface area contributed by atoms with E-state index in [1.54, 1.807) is 14.2 Å². The Balaban J connectivity index is 1.66. The van der Waals surface area contributed by atoms with Gasteiger partial charge in [0.15, 0.2) is 11.6 Å². The highest BCUT2D eigenvalue weighted by molar-refractivity contribution is 5.99. The molecule has 152 valence electrons. The molecule has 1 N–H and O–H groups in total. The number of anilines is 1. The highest BCUT2D eigenvalue weighted by Gasteiger charge is 2.37. The maximum atomic E-state index is 12.9. The number of methoxy groups -OCH3 is 2. The van der Waals surface area contributed by atoms with Gasteiger partial charge in [0.25, 0.3) is 0 Å². The number of ketones is 1. The quantitative estimate of drug-likeness (QED) is 0.711. The zero-order valence-electron chi connectivity index (χ0n) is 16.9. The second-order valence-electron chi connectivity index (χ2n) is 7.41. The number of allylic oxidation sites excluding steroid dienone is 2. The van der Waals surface area contributed by atoms with E-state index in [2.05, 4.69) is 5.32 Å². The van der Waals surface area contributed by atoms with E-state index in [9.17, 15) is 4.79 Å². The molecule has 2 aliphatic rings. The predicted octanol–water partition coefficient (Wildman–Crippen LogP) is 3.98. The van der Waals surface area contributed by atoms with E-state index in [0.29, 0.717) is 18.2 Å². The van der Waals surface area contributed by atoms with Crippen LogP contribution in [0.1, 0.15) is 30.9 Å². The molecule has 0 saturated heterocycles. The first-order valence-corrected chi connectivity index (χ1v) is 9.96. The van der Waals surface area contributed by atoms with E-state index >= 15 is 0 Å². The van der Waals surface area contributed by atoms with Gasteiger partial charge in [-0.15, -0.1) is 5.10 Å². The van der Waals surface area contributed by atoms with Crippen LogP contribution in [-0.4, -0.2) is 34.8 Å². The van der Waals surface area contributed by atoms with E-state index in [4.69, 9.17) is 19.6 Å². The predicted molar refractivity (Wildman–Crippen MR) is 113 cm³/mol. The average Bonchev–Trinajstić information content (AvgIpc) is 3.21. The minimum absolute atomic E-state index is 0.153. The summed E-state index contributed by atoms with van der Waals surface area (Å²) in [6, 6.07) is 15.1.